The Bertz CT molecular complexity index is 559. The van der Waals surface area contributed by atoms with Gasteiger partial charge in [-0.2, -0.15) is 0 Å². The van der Waals surface area contributed by atoms with Crippen LogP contribution in [0.2, 0.25) is 0 Å². The van der Waals surface area contributed by atoms with Crippen LogP contribution in [0.1, 0.15) is 44.2 Å². The topological polar surface area (TPSA) is 58.2 Å². The lowest BCUT2D eigenvalue weighted by molar-refractivity contribution is 0.568. The monoisotopic (exact) mass is 316 g/mol. The summed E-state index contributed by atoms with van der Waals surface area (Å²) in [5, 5.41) is 3.10. The van der Waals surface area contributed by atoms with Gasteiger partial charge in [0.05, 0.1) is 4.90 Å². The van der Waals surface area contributed by atoms with Gasteiger partial charge in [0.1, 0.15) is 5.82 Å². The van der Waals surface area contributed by atoms with Crippen molar-refractivity contribution in [1.29, 1.82) is 0 Å². The van der Waals surface area contributed by atoms with Gasteiger partial charge in [-0.15, -0.1) is 0 Å². The summed E-state index contributed by atoms with van der Waals surface area (Å²) in [4.78, 5) is 0.130. The zero-order chi connectivity index (χ0) is 15.9. The second-order valence-corrected chi connectivity index (χ2v) is 6.91. The van der Waals surface area contributed by atoms with Gasteiger partial charge in [0.25, 0.3) is 0 Å². The highest BCUT2D eigenvalue weighted by molar-refractivity contribution is 7.89. The van der Waals surface area contributed by atoms with Crippen LogP contribution in [0.3, 0.4) is 0 Å². The molecule has 0 unspecified atom stereocenters. The van der Waals surface area contributed by atoms with E-state index in [2.05, 4.69) is 10.0 Å². The number of halogens is 1. The number of benzene rings is 1. The molecule has 21 heavy (non-hydrogen) atoms. The minimum atomic E-state index is -3.57. The van der Waals surface area contributed by atoms with E-state index in [1.165, 1.54) is 12.1 Å². The van der Waals surface area contributed by atoms with Crippen LogP contribution in [0.4, 0.5) is 4.39 Å². The first kappa shape index (κ1) is 18.1. The Labute approximate surface area is 127 Å². The van der Waals surface area contributed by atoms with Crippen LogP contribution in [-0.2, 0) is 16.6 Å². The second-order valence-electron chi connectivity index (χ2n) is 5.14. The molecule has 1 aromatic rings. The summed E-state index contributed by atoms with van der Waals surface area (Å²) in [5.41, 5.74) is 0.737. The predicted molar refractivity (Wildman–Crippen MR) is 83.2 cm³/mol. The third-order valence-electron chi connectivity index (χ3n) is 3.18. The van der Waals surface area contributed by atoms with E-state index in [1.807, 2.05) is 13.8 Å². The normalized spacial score (nSPS) is 11.8. The third kappa shape index (κ3) is 5.37. The molecule has 1 rings (SSSR count). The summed E-state index contributed by atoms with van der Waals surface area (Å²) in [6, 6.07) is 2.80. The average Bonchev–Trinajstić information content (AvgIpc) is 2.43. The molecule has 0 spiro atoms. The number of aryl methyl sites for hydroxylation is 1. The van der Waals surface area contributed by atoms with Crippen LogP contribution in [-0.4, -0.2) is 21.5 Å². The Morgan fingerprint density at radius 2 is 1.86 bits per heavy atom. The molecule has 0 atom stereocenters. The van der Waals surface area contributed by atoms with Crippen LogP contribution >= 0.6 is 0 Å². The molecule has 0 heterocycles. The molecule has 0 aliphatic heterocycles. The Hall–Kier alpha value is -0.980. The lowest BCUT2D eigenvalue weighted by Crippen LogP contribution is -2.25. The summed E-state index contributed by atoms with van der Waals surface area (Å²) in [6.07, 6.45) is 2.64. The van der Waals surface area contributed by atoms with E-state index in [1.54, 1.807) is 6.92 Å². The zero-order valence-electron chi connectivity index (χ0n) is 13.0. The smallest absolute Gasteiger partial charge is 0.240 e. The van der Waals surface area contributed by atoms with Gasteiger partial charge < -0.3 is 5.32 Å². The maximum absolute atomic E-state index is 14.0. The summed E-state index contributed by atoms with van der Waals surface area (Å²) >= 11 is 0. The van der Waals surface area contributed by atoms with E-state index in [4.69, 9.17) is 0 Å². The Kier molecular flexibility index (Phi) is 7.28. The summed E-state index contributed by atoms with van der Waals surface area (Å²) in [6.45, 7) is 7.10. The van der Waals surface area contributed by atoms with Gasteiger partial charge in [0.2, 0.25) is 10.0 Å². The van der Waals surface area contributed by atoms with Crippen molar-refractivity contribution in [2.75, 3.05) is 13.1 Å². The maximum atomic E-state index is 14.0. The van der Waals surface area contributed by atoms with Crippen molar-refractivity contribution in [2.24, 2.45) is 0 Å². The molecular weight excluding hydrogens is 291 g/mol. The van der Waals surface area contributed by atoms with E-state index in [-0.39, 0.29) is 10.7 Å². The minimum absolute atomic E-state index is 0.130. The predicted octanol–water partition coefficient (Wildman–Crippen LogP) is 2.71. The van der Waals surface area contributed by atoms with Crippen LogP contribution in [0, 0.1) is 12.7 Å². The van der Waals surface area contributed by atoms with Crippen molar-refractivity contribution in [2.45, 2.75) is 51.5 Å². The molecule has 0 amide bonds. The maximum Gasteiger partial charge on any atom is 0.240 e. The van der Waals surface area contributed by atoms with Gasteiger partial charge in [-0.05, 0) is 44.0 Å². The molecular formula is C15H25FN2O2S. The number of sulfonamides is 1. The van der Waals surface area contributed by atoms with Gasteiger partial charge >= 0.3 is 0 Å². The summed E-state index contributed by atoms with van der Waals surface area (Å²) < 4.78 is 41.0. The lowest BCUT2D eigenvalue weighted by atomic mass is 10.1. The van der Waals surface area contributed by atoms with Gasteiger partial charge in [0.15, 0.2) is 0 Å². The molecule has 0 aliphatic carbocycles. The molecule has 0 saturated heterocycles. The van der Waals surface area contributed by atoms with Crippen molar-refractivity contribution in [3.05, 3.63) is 29.1 Å². The third-order valence-corrected chi connectivity index (χ3v) is 4.62. The van der Waals surface area contributed by atoms with Gasteiger partial charge in [0, 0.05) is 18.7 Å². The van der Waals surface area contributed by atoms with Crippen molar-refractivity contribution in [3.63, 3.8) is 0 Å². The summed E-state index contributed by atoms with van der Waals surface area (Å²) in [7, 11) is -3.57. The molecule has 6 heteroatoms. The number of hydrogen-bond donors (Lipinski definition) is 2. The number of hydrogen-bond acceptors (Lipinski definition) is 3. The molecule has 0 radical (unpaired) electrons. The SMILES string of the molecule is CCCCNS(=O)(=O)c1cc(C)c(F)c(CNCCC)c1. The molecule has 0 aromatic heterocycles. The first-order valence-corrected chi connectivity index (χ1v) is 8.90. The second kappa shape index (κ2) is 8.46. The van der Waals surface area contributed by atoms with Crippen molar-refractivity contribution >= 4 is 10.0 Å². The highest BCUT2D eigenvalue weighted by atomic mass is 32.2. The zero-order valence-corrected chi connectivity index (χ0v) is 13.8. The molecule has 0 fully saturated rings. The fraction of sp³-hybridized carbons (Fsp3) is 0.600. The first-order valence-electron chi connectivity index (χ1n) is 7.41. The minimum Gasteiger partial charge on any atom is -0.313 e. The standard InChI is InChI=1S/C15H25FN2O2S/c1-4-6-8-18-21(19,20)14-9-12(3)15(16)13(10-14)11-17-7-5-2/h9-10,17-18H,4-8,11H2,1-3H3. The van der Waals surface area contributed by atoms with Crippen LogP contribution in [0.5, 0.6) is 0 Å². The largest absolute Gasteiger partial charge is 0.313 e. The van der Waals surface area contributed by atoms with E-state index < -0.39 is 10.0 Å². The van der Waals surface area contributed by atoms with Crippen LogP contribution in [0.25, 0.3) is 0 Å². The molecule has 120 valence electrons. The van der Waals surface area contributed by atoms with Gasteiger partial charge in [-0.25, -0.2) is 17.5 Å². The Morgan fingerprint density at radius 3 is 2.48 bits per heavy atom. The summed E-state index contributed by atoms with van der Waals surface area (Å²) in [5.74, 6) is -0.342. The molecule has 4 nitrogen and oxygen atoms in total. The van der Waals surface area contributed by atoms with Crippen LogP contribution in [0.15, 0.2) is 17.0 Å². The van der Waals surface area contributed by atoms with Gasteiger partial charge in [-0.3, -0.25) is 0 Å². The highest BCUT2D eigenvalue weighted by Gasteiger charge is 2.17. The number of rotatable bonds is 9. The van der Waals surface area contributed by atoms with Crippen molar-refractivity contribution in [3.8, 4) is 0 Å². The fourth-order valence-electron chi connectivity index (χ4n) is 1.96. The van der Waals surface area contributed by atoms with Crippen molar-refractivity contribution < 1.29 is 12.8 Å². The van der Waals surface area contributed by atoms with Crippen molar-refractivity contribution in [1.82, 2.24) is 10.0 Å². The van der Waals surface area contributed by atoms with E-state index >= 15 is 0 Å². The van der Waals surface area contributed by atoms with E-state index in [0.29, 0.717) is 24.2 Å². The number of nitrogens with one attached hydrogen (secondary N) is 2. The van der Waals surface area contributed by atoms with Gasteiger partial charge in [-0.1, -0.05) is 20.3 Å². The fourth-order valence-corrected chi connectivity index (χ4v) is 3.17. The van der Waals surface area contributed by atoms with E-state index in [9.17, 15) is 12.8 Å². The molecule has 1 aromatic carbocycles. The lowest BCUT2D eigenvalue weighted by Gasteiger charge is -2.12. The molecule has 0 saturated carbocycles. The Morgan fingerprint density at radius 1 is 1.14 bits per heavy atom. The average molecular weight is 316 g/mol. The van der Waals surface area contributed by atoms with E-state index in [0.717, 1.165) is 25.8 Å². The quantitative estimate of drug-likeness (QED) is 0.689. The first-order chi connectivity index (χ1) is 9.92. The highest BCUT2D eigenvalue weighted by Crippen LogP contribution is 2.19. The molecule has 2 N–H and O–H groups in total. The Balaban J connectivity index is 2.97. The molecule has 0 aliphatic rings. The van der Waals surface area contributed by atoms with Crippen LogP contribution < -0.4 is 10.0 Å². The molecule has 0 bridgehead atoms. The number of unbranched alkanes of at least 4 members (excludes halogenated alkanes) is 1.